The summed E-state index contributed by atoms with van der Waals surface area (Å²) in [7, 11) is 2.80. The van der Waals surface area contributed by atoms with Crippen molar-refractivity contribution in [3.8, 4) is 16.9 Å². The van der Waals surface area contributed by atoms with E-state index in [0.29, 0.717) is 16.9 Å². The molecule has 4 rings (SSSR count). The van der Waals surface area contributed by atoms with E-state index in [1.54, 1.807) is 20.8 Å². The first kappa shape index (κ1) is 29.1. The number of hydrogen-bond donors (Lipinski definition) is 1. The third-order valence-corrected chi connectivity index (χ3v) is 6.19. The van der Waals surface area contributed by atoms with Crippen LogP contribution < -0.4 is 10.2 Å². The molecule has 1 unspecified atom stereocenters. The van der Waals surface area contributed by atoms with E-state index in [4.69, 9.17) is 14.6 Å². The van der Waals surface area contributed by atoms with Crippen LogP contribution in [0, 0.1) is 0 Å². The van der Waals surface area contributed by atoms with Crippen molar-refractivity contribution in [3.05, 3.63) is 102 Å². The molecule has 9 nitrogen and oxygen atoms in total. The number of hydrogen-bond acceptors (Lipinski definition) is 6. The number of anilines is 1. The van der Waals surface area contributed by atoms with Gasteiger partial charge in [0.05, 0.1) is 12.8 Å². The fourth-order valence-electron chi connectivity index (χ4n) is 4.31. The van der Waals surface area contributed by atoms with Gasteiger partial charge in [-0.2, -0.15) is 5.10 Å². The number of nitrogens with zero attached hydrogens (tertiary/aromatic N) is 3. The maximum absolute atomic E-state index is 14.2. The van der Waals surface area contributed by atoms with Crippen LogP contribution in [0.4, 0.5) is 10.6 Å². The van der Waals surface area contributed by atoms with Gasteiger partial charge in [-0.3, -0.25) is 9.69 Å². The first-order valence-electron chi connectivity index (χ1n) is 13.2. The standard InChI is InChI=1S/C32H34N4O5/c1-32(2,3)41-31(39)35(4)29-26(28(37)33-25(30(38)40-5)21-22-15-9-6-10-16-22)27(23-17-11-7-12-18-23)34-36(29)24-19-13-8-14-20-24/h6-20,25H,21H2,1-5H3,(H,33,37). The van der Waals surface area contributed by atoms with E-state index in [0.717, 1.165) is 5.56 Å². The molecule has 212 valence electrons. The SMILES string of the molecule is COC(=O)C(Cc1ccccc1)NC(=O)c1c(-c2ccccc2)nn(-c2ccccc2)c1N(C)C(=O)OC(C)(C)C. The maximum atomic E-state index is 14.2. The van der Waals surface area contributed by atoms with Crippen LogP contribution >= 0.6 is 0 Å². The van der Waals surface area contributed by atoms with Crippen LogP contribution in [0.15, 0.2) is 91.0 Å². The van der Waals surface area contributed by atoms with Gasteiger partial charge in [-0.05, 0) is 38.5 Å². The zero-order valence-corrected chi connectivity index (χ0v) is 23.8. The molecule has 1 N–H and O–H groups in total. The molecular weight excluding hydrogens is 520 g/mol. The smallest absolute Gasteiger partial charge is 0.415 e. The zero-order chi connectivity index (χ0) is 29.6. The second-order valence-electron chi connectivity index (χ2n) is 10.4. The number of amides is 2. The molecule has 0 aliphatic heterocycles. The number of nitrogens with one attached hydrogen (secondary N) is 1. The molecule has 0 bridgehead atoms. The molecule has 0 aliphatic carbocycles. The lowest BCUT2D eigenvalue weighted by Gasteiger charge is -2.26. The first-order valence-corrected chi connectivity index (χ1v) is 13.2. The number of aromatic nitrogens is 2. The average Bonchev–Trinajstić information content (AvgIpc) is 3.37. The van der Waals surface area contributed by atoms with Gasteiger partial charge in [0.2, 0.25) is 0 Å². The van der Waals surface area contributed by atoms with Crippen LogP contribution in [-0.2, 0) is 20.7 Å². The molecule has 0 spiro atoms. The summed E-state index contributed by atoms with van der Waals surface area (Å²) in [5, 5.41) is 7.66. The van der Waals surface area contributed by atoms with Gasteiger partial charge in [0.1, 0.15) is 22.9 Å². The van der Waals surface area contributed by atoms with Gasteiger partial charge in [0.25, 0.3) is 5.91 Å². The molecule has 0 saturated carbocycles. The summed E-state index contributed by atoms with van der Waals surface area (Å²) in [6, 6.07) is 26.7. The minimum absolute atomic E-state index is 0.107. The number of carbonyl (C=O) groups is 3. The third-order valence-electron chi connectivity index (χ3n) is 6.19. The predicted molar refractivity (Wildman–Crippen MR) is 157 cm³/mol. The number of esters is 1. The molecule has 1 atom stereocenters. The Morgan fingerprint density at radius 1 is 0.902 bits per heavy atom. The highest BCUT2D eigenvalue weighted by molar-refractivity contribution is 6.08. The lowest BCUT2D eigenvalue weighted by molar-refractivity contribution is -0.142. The summed E-state index contributed by atoms with van der Waals surface area (Å²) in [5.74, 6) is -1.01. The van der Waals surface area contributed by atoms with Crippen LogP contribution in [0.3, 0.4) is 0 Å². The highest BCUT2D eigenvalue weighted by Crippen LogP contribution is 2.34. The van der Waals surface area contributed by atoms with E-state index in [1.165, 1.54) is 23.7 Å². The largest absolute Gasteiger partial charge is 0.467 e. The van der Waals surface area contributed by atoms with E-state index in [-0.39, 0.29) is 17.8 Å². The number of rotatable bonds is 8. The van der Waals surface area contributed by atoms with Gasteiger partial charge < -0.3 is 14.8 Å². The lowest BCUT2D eigenvalue weighted by atomic mass is 10.0. The van der Waals surface area contributed by atoms with Gasteiger partial charge in [-0.15, -0.1) is 0 Å². The number of ether oxygens (including phenoxy) is 2. The van der Waals surface area contributed by atoms with Crippen LogP contribution in [0.25, 0.3) is 16.9 Å². The van der Waals surface area contributed by atoms with Crippen LogP contribution in [0.2, 0.25) is 0 Å². The fraction of sp³-hybridized carbons (Fsp3) is 0.250. The quantitative estimate of drug-likeness (QED) is 0.292. The Kier molecular flexibility index (Phi) is 8.87. The molecule has 2 amide bonds. The molecule has 0 saturated heterocycles. The molecule has 4 aromatic rings. The Morgan fingerprint density at radius 2 is 1.46 bits per heavy atom. The normalized spacial score (nSPS) is 11.8. The molecule has 0 aliphatic rings. The van der Waals surface area contributed by atoms with Gasteiger partial charge in [0, 0.05) is 19.0 Å². The van der Waals surface area contributed by atoms with Crippen LogP contribution in [0.5, 0.6) is 0 Å². The van der Waals surface area contributed by atoms with E-state index in [2.05, 4.69) is 5.32 Å². The Labute approximate surface area is 239 Å². The summed E-state index contributed by atoms with van der Waals surface area (Å²) < 4.78 is 12.2. The number of carbonyl (C=O) groups excluding carboxylic acids is 3. The highest BCUT2D eigenvalue weighted by Gasteiger charge is 2.34. The molecular formula is C32H34N4O5. The van der Waals surface area contributed by atoms with Crippen molar-refractivity contribution in [2.75, 3.05) is 19.1 Å². The summed E-state index contributed by atoms with van der Waals surface area (Å²) in [4.78, 5) is 41.6. The van der Waals surface area contributed by atoms with Crippen molar-refractivity contribution in [2.24, 2.45) is 0 Å². The van der Waals surface area contributed by atoms with E-state index < -0.39 is 29.6 Å². The zero-order valence-electron chi connectivity index (χ0n) is 23.8. The van der Waals surface area contributed by atoms with E-state index in [9.17, 15) is 14.4 Å². The lowest BCUT2D eigenvalue weighted by Crippen LogP contribution is -2.44. The van der Waals surface area contributed by atoms with Crippen molar-refractivity contribution in [1.29, 1.82) is 0 Å². The molecule has 0 radical (unpaired) electrons. The number of benzene rings is 3. The van der Waals surface area contributed by atoms with Crippen molar-refractivity contribution >= 4 is 23.8 Å². The molecule has 9 heteroatoms. The van der Waals surface area contributed by atoms with Crippen LogP contribution in [0.1, 0.15) is 36.7 Å². The minimum Gasteiger partial charge on any atom is -0.467 e. The monoisotopic (exact) mass is 554 g/mol. The van der Waals surface area contributed by atoms with Gasteiger partial charge >= 0.3 is 12.1 Å². The van der Waals surface area contributed by atoms with Gasteiger partial charge in [-0.25, -0.2) is 14.3 Å². The highest BCUT2D eigenvalue weighted by atomic mass is 16.6. The predicted octanol–water partition coefficient (Wildman–Crippen LogP) is 5.42. The van der Waals surface area contributed by atoms with Crippen molar-refractivity contribution < 1.29 is 23.9 Å². The second-order valence-corrected chi connectivity index (χ2v) is 10.4. The minimum atomic E-state index is -0.988. The molecule has 0 fully saturated rings. The average molecular weight is 555 g/mol. The maximum Gasteiger partial charge on any atom is 0.415 e. The van der Waals surface area contributed by atoms with E-state index >= 15 is 0 Å². The summed E-state index contributed by atoms with van der Waals surface area (Å²) in [6.07, 6.45) is -0.457. The summed E-state index contributed by atoms with van der Waals surface area (Å²) in [5.41, 5.74) is 1.79. The second kappa shape index (κ2) is 12.5. The molecule has 41 heavy (non-hydrogen) atoms. The number of methoxy groups -OCH3 is 1. The molecule has 1 heterocycles. The van der Waals surface area contributed by atoms with E-state index in [1.807, 2.05) is 91.0 Å². The Hall–Kier alpha value is -4.92. The fourth-order valence-corrected chi connectivity index (χ4v) is 4.31. The number of para-hydroxylation sites is 1. The Balaban J connectivity index is 1.88. The Morgan fingerprint density at radius 3 is 2.02 bits per heavy atom. The summed E-state index contributed by atoms with van der Waals surface area (Å²) >= 11 is 0. The van der Waals surface area contributed by atoms with Crippen molar-refractivity contribution in [3.63, 3.8) is 0 Å². The van der Waals surface area contributed by atoms with Crippen LogP contribution in [-0.4, -0.2) is 53.6 Å². The van der Waals surface area contributed by atoms with Gasteiger partial charge in [-0.1, -0.05) is 78.9 Å². The third kappa shape index (κ3) is 7.00. The Bertz CT molecular complexity index is 1500. The molecule has 1 aromatic heterocycles. The van der Waals surface area contributed by atoms with Crippen molar-refractivity contribution in [1.82, 2.24) is 15.1 Å². The summed E-state index contributed by atoms with van der Waals surface area (Å²) in [6.45, 7) is 5.29. The molecule has 3 aromatic carbocycles. The van der Waals surface area contributed by atoms with Gasteiger partial charge in [0.15, 0.2) is 5.82 Å². The topological polar surface area (TPSA) is 103 Å². The first-order chi connectivity index (χ1) is 19.6. The van der Waals surface area contributed by atoms with Crippen molar-refractivity contribution in [2.45, 2.75) is 38.8 Å².